The highest BCUT2D eigenvalue weighted by molar-refractivity contribution is 5.89. The van der Waals surface area contributed by atoms with Crippen LogP contribution in [0.15, 0.2) is 48.5 Å². The van der Waals surface area contributed by atoms with Gasteiger partial charge in [-0.3, -0.25) is 0 Å². The molecule has 21 heavy (non-hydrogen) atoms. The van der Waals surface area contributed by atoms with Gasteiger partial charge in [-0.15, -0.1) is 0 Å². The first-order chi connectivity index (χ1) is 10.1. The number of nitrogens with one attached hydrogen (secondary N) is 2. The van der Waals surface area contributed by atoms with Gasteiger partial charge in [-0.05, 0) is 18.2 Å². The predicted molar refractivity (Wildman–Crippen MR) is 74.8 cm³/mol. The molecule has 0 spiro atoms. The van der Waals surface area contributed by atoms with Gasteiger partial charge in [0.2, 0.25) is 0 Å². The van der Waals surface area contributed by atoms with Gasteiger partial charge in [-0.25, -0.2) is 13.6 Å². The molecule has 0 unspecified atom stereocenters. The third kappa shape index (κ3) is 4.25. The molecule has 2 aromatic carbocycles. The summed E-state index contributed by atoms with van der Waals surface area (Å²) in [6.07, 6.45) is -1.26. The van der Waals surface area contributed by atoms with Gasteiger partial charge in [0.05, 0.1) is 6.10 Å². The molecule has 2 rings (SSSR count). The van der Waals surface area contributed by atoms with Gasteiger partial charge in [0.1, 0.15) is 11.6 Å². The number of para-hydroxylation sites is 1. The lowest BCUT2D eigenvalue weighted by Crippen LogP contribution is -2.32. The summed E-state index contributed by atoms with van der Waals surface area (Å²) < 4.78 is 26.2. The quantitative estimate of drug-likeness (QED) is 0.811. The van der Waals surface area contributed by atoms with E-state index in [2.05, 4.69) is 10.6 Å². The monoisotopic (exact) mass is 292 g/mol. The van der Waals surface area contributed by atoms with E-state index in [4.69, 9.17) is 0 Å². The Morgan fingerprint density at radius 1 is 1.14 bits per heavy atom. The molecule has 0 aliphatic carbocycles. The van der Waals surface area contributed by atoms with Crippen molar-refractivity contribution in [2.75, 3.05) is 11.9 Å². The van der Waals surface area contributed by atoms with Crippen LogP contribution < -0.4 is 10.6 Å². The summed E-state index contributed by atoms with van der Waals surface area (Å²) in [5, 5.41) is 14.8. The van der Waals surface area contributed by atoms with Gasteiger partial charge < -0.3 is 15.7 Å². The van der Waals surface area contributed by atoms with E-state index in [0.29, 0.717) is 11.8 Å². The summed E-state index contributed by atoms with van der Waals surface area (Å²) >= 11 is 0. The molecule has 0 bridgehead atoms. The fourth-order valence-corrected chi connectivity index (χ4v) is 1.77. The molecule has 2 amide bonds. The van der Waals surface area contributed by atoms with Crippen LogP contribution >= 0.6 is 0 Å². The maximum absolute atomic E-state index is 13.4. The van der Waals surface area contributed by atoms with Crippen molar-refractivity contribution in [1.82, 2.24) is 5.32 Å². The number of rotatable bonds is 4. The molecule has 0 fully saturated rings. The van der Waals surface area contributed by atoms with E-state index in [0.717, 1.165) is 12.1 Å². The summed E-state index contributed by atoms with van der Waals surface area (Å²) in [6.45, 7) is -0.193. The molecular formula is C15H14F2N2O2. The zero-order valence-corrected chi connectivity index (χ0v) is 11.0. The largest absolute Gasteiger partial charge is 0.386 e. The zero-order valence-electron chi connectivity index (χ0n) is 11.0. The normalized spacial score (nSPS) is 11.8. The second-order valence-corrected chi connectivity index (χ2v) is 4.38. The van der Waals surface area contributed by atoms with Crippen molar-refractivity contribution in [1.29, 1.82) is 0 Å². The SMILES string of the molecule is O=C(NC[C@H](O)c1ccc(F)cc1F)Nc1ccccc1. The van der Waals surface area contributed by atoms with Crippen LogP contribution in [0.1, 0.15) is 11.7 Å². The minimum Gasteiger partial charge on any atom is -0.386 e. The summed E-state index contributed by atoms with van der Waals surface area (Å²) in [4.78, 5) is 11.6. The van der Waals surface area contributed by atoms with E-state index in [-0.39, 0.29) is 12.1 Å². The van der Waals surface area contributed by atoms with Crippen LogP contribution in [0.3, 0.4) is 0 Å². The summed E-state index contributed by atoms with van der Waals surface area (Å²) in [5.41, 5.74) is 0.522. The number of anilines is 1. The van der Waals surface area contributed by atoms with Gasteiger partial charge in [0.25, 0.3) is 0 Å². The fraction of sp³-hybridized carbons (Fsp3) is 0.133. The third-order valence-electron chi connectivity index (χ3n) is 2.81. The average molecular weight is 292 g/mol. The number of carbonyl (C=O) groups is 1. The van der Waals surface area contributed by atoms with Crippen molar-refractivity contribution in [2.45, 2.75) is 6.10 Å². The molecule has 0 aliphatic heterocycles. The van der Waals surface area contributed by atoms with Crippen LogP contribution in [-0.4, -0.2) is 17.7 Å². The Hall–Kier alpha value is -2.47. The molecule has 0 heterocycles. The fourth-order valence-electron chi connectivity index (χ4n) is 1.77. The number of hydrogen-bond donors (Lipinski definition) is 3. The van der Waals surface area contributed by atoms with E-state index in [1.165, 1.54) is 0 Å². The van der Waals surface area contributed by atoms with Crippen LogP contribution in [0, 0.1) is 11.6 Å². The van der Waals surface area contributed by atoms with Crippen LogP contribution in [0.5, 0.6) is 0 Å². The number of benzene rings is 2. The Bertz CT molecular complexity index is 620. The number of urea groups is 1. The molecule has 110 valence electrons. The summed E-state index contributed by atoms with van der Waals surface area (Å²) in [5.74, 6) is -1.58. The van der Waals surface area contributed by atoms with E-state index >= 15 is 0 Å². The van der Waals surface area contributed by atoms with Crippen LogP contribution in [0.4, 0.5) is 19.3 Å². The Kier molecular flexibility index (Phi) is 4.84. The second kappa shape index (κ2) is 6.81. The van der Waals surface area contributed by atoms with E-state index in [9.17, 15) is 18.7 Å². The van der Waals surface area contributed by atoms with Crippen LogP contribution in [0.2, 0.25) is 0 Å². The standard InChI is InChI=1S/C15H14F2N2O2/c16-10-6-7-12(13(17)8-10)14(20)9-18-15(21)19-11-4-2-1-3-5-11/h1-8,14,20H,9H2,(H2,18,19,21)/t14-/m0/s1. The third-order valence-corrected chi connectivity index (χ3v) is 2.81. The highest BCUT2D eigenvalue weighted by atomic mass is 19.1. The molecule has 6 heteroatoms. The Morgan fingerprint density at radius 3 is 2.52 bits per heavy atom. The van der Waals surface area contributed by atoms with Gasteiger partial charge in [0.15, 0.2) is 0 Å². The molecule has 0 radical (unpaired) electrons. The maximum Gasteiger partial charge on any atom is 0.319 e. The van der Waals surface area contributed by atoms with Crippen molar-refractivity contribution < 1.29 is 18.7 Å². The average Bonchev–Trinajstić information content (AvgIpc) is 2.46. The van der Waals surface area contributed by atoms with Gasteiger partial charge in [-0.2, -0.15) is 0 Å². The Labute approximate surface area is 120 Å². The van der Waals surface area contributed by atoms with E-state index in [1.807, 2.05) is 6.07 Å². The van der Waals surface area contributed by atoms with Crippen molar-refractivity contribution >= 4 is 11.7 Å². The molecule has 4 nitrogen and oxygen atoms in total. The molecule has 2 aromatic rings. The second-order valence-electron chi connectivity index (χ2n) is 4.38. The molecule has 1 atom stereocenters. The van der Waals surface area contributed by atoms with E-state index in [1.54, 1.807) is 24.3 Å². The topological polar surface area (TPSA) is 61.4 Å². The Morgan fingerprint density at radius 2 is 1.86 bits per heavy atom. The number of amides is 2. The summed E-state index contributed by atoms with van der Waals surface area (Å²) in [7, 11) is 0. The van der Waals surface area contributed by atoms with Crippen molar-refractivity contribution in [3.63, 3.8) is 0 Å². The van der Waals surface area contributed by atoms with Crippen LogP contribution in [-0.2, 0) is 0 Å². The predicted octanol–water partition coefficient (Wildman–Crippen LogP) is 2.82. The highest BCUT2D eigenvalue weighted by Gasteiger charge is 2.14. The van der Waals surface area contributed by atoms with Crippen LogP contribution in [0.25, 0.3) is 0 Å². The zero-order chi connectivity index (χ0) is 15.2. The first kappa shape index (κ1) is 14.9. The van der Waals surface area contributed by atoms with E-state index < -0.39 is 23.8 Å². The van der Waals surface area contributed by atoms with Crippen molar-refractivity contribution in [3.05, 3.63) is 65.7 Å². The van der Waals surface area contributed by atoms with Gasteiger partial charge >= 0.3 is 6.03 Å². The summed E-state index contributed by atoms with van der Waals surface area (Å²) in [6, 6.07) is 11.1. The first-order valence-corrected chi connectivity index (χ1v) is 6.29. The van der Waals surface area contributed by atoms with Gasteiger partial charge in [-0.1, -0.05) is 24.3 Å². The molecule has 0 aliphatic rings. The molecular weight excluding hydrogens is 278 g/mol. The maximum atomic E-state index is 13.4. The molecule has 0 saturated carbocycles. The van der Waals surface area contributed by atoms with Gasteiger partial charge in [0, 0.05) is 23.9 Å². The van der Waals surface area contributed by atoms with Crippen molar-refractivity contribution in [2.24, 2.45) is 0 Å². The number of aliphatic hydroxyl groups excluding tert-OH is 1. The van der Waals surface area contributed by atoms with Crippen molar-refractivity contribution in [3.8, 4) is 0 Å². The Balaban J connectivity index is 1.89. The number of carbonyl (C=O) groups excluding carboxylic acids is 1. The lowest BCUT2D eigenvalue weighted by atomic mass is 10.1. The highest BCUT2D eigenvalue weighted by Crippen LogP contribution is 2.17. The number of halogens is 2. The minimum absolute atomic E-state index is 0.0728. The smallest absolute Gasteiger partial charge is 0.319 e. The number of hydrogen-bond acceptors (Lipinski definition) is 2. The molecule has 0 aromatic heterocycles. The lowest BCUT2D eigenvalue weighted by molar-refractivity contribution is 0.170. The first-order valence-electron chi connectivity index (χ1n) is 6.29. The molecule has 0 saturated heterocycles. The number of aliphatic hydroxyl groups is 1. The molecule has 3 N–H and O–H groups in total. The lowest BCUT2D eigenvalue weighted by Gasteiger charge is -2.13. The minimum atomic E-state index is -1.26.